The molecule has 5 nitrogen and oxygen atoms in total. The van der Waals surface area contributed by atoms with Crippen LogP contribution in [0.15, 0.2) is 30.3 Å². The lowest BCUT2D eigenvalue weighted by Gasteiger charge is -2.39. The number of para-hydroxylation sites is 1. The Balaban J connectivity index is 1.92. The van der Waals surface area contributed by atoms with Crippen molar-refractivity contribution in [3.05, 3.63) is 30.3 Å². The molecule has 1 aromatic rings. The van der Waals surface area contributed by atoms with Gasteiger partial charge in [-0.15, -0.1) is 0 Å². The zero-order chi connectivity index (χ0) is 17.0. The second-order valence-electron chi connectivity index (χ2n) is 6.98. The topological polar surface area (TPSA) is 43.9 Å². The highest BCUT2D eigenvalue weighted by atomic mass is 16.2. The Bertz CT molecular complexity index is 543. The zero-order valence-corrected chi connectivity index (χ0v) is 14.6. The number of carbonyl (C=O) groups excluding carboxylic acids is 2. The number of amides is 2. The van der Waals surface area contributed by atoms with Crippen LogP contribution in [0.3, 0.4) is 0 Å². The molecule has 1 fully saturated rings. The van der Waals surface area contributed by atoms with Gasteiger partial charge in [0, 0.05) is 44.3 Å². The number of nitrogens with zero attached hydrogens (tertiary/aromatic N) is 3. The van der Waals surface area contributed by atoms with Crippen LogP contribution in [0.25, 0.3) is 0 Å². The Labute approximate surface area is 138 Å². The lowest BCUT2D eigenvalue weighted by molar-refractivity contribution is -0.143. The first-order chi connectivity index (χ1) is 10.8. The third-order valence-electron chi connectivity index (χ3n) is 4.24. The molecule has 5 heteroatoms. The average molecular weight is 317 g/mol. The van der Waals surface area contributed by atoms with Crippen molar-refractivity contribution in [1.82, 2.24) is 9.80 Å². The number of hydrogen-bond donors (Lipinski definition) is 0. The number of hydrogen-bond acceptors (Lipinski definition) is 3. The minimum atomic E-state index is -0.340. The van der Waals surface area contributed by atoms with Crippen LogP contribution in [0.5, 0.6) is 0 Å². The largest absolute Gasteiger partial charge is 0.368 e. The first-order valence-electron chi connectivity index (χ1n) is 8.15. The molecular weight excluding hydrogens is 290 g/mol. The van der Waals surface area contributed by atoms with E-state index >= 15 is 0 Å². The molecule has 2 rings (SSSR count). The summed E-state index contributed by atoms with van der Waals surface area (Å²) in [5, 5.41) is 0. The molecule has 1 heterocycles. The van der Waals surface area contributed by atoms with Crippen LogP contribution in [-0.4, -0.2) is 59.9 Å². The third kappa shape index (κ3) is 4.47. The summed E-state index contributed by atoms with van der Waals surface area (Å²) >= 11 is 0. The van der Waals surface area contributed by atoms with Crippen LogP contribution < -0.4 is 4.90 Å². The van der Waals surface area contributed by atoms with Crippen LogP contribution in [0, 0.1) is 0 Å². The van der Waals surface area contributed by atoms with E-state index < -0.39 is 0 Å². The van der Waals surface area contributed by atoms with E-state index in [1.807, 2.05) is 43.9 Å². The van der Waals surface area contributed by atoms with Crippen molar-refractivity contribution in [3.63, 3.8) is 0 Å². The van der Waals surface area contributed by atoms with Crippen LogP contribution in [0.1, 0.15) is 27.7 Å². The summed E-state index contributed by atoms with van der Waals surface area (Å²) in [6.45, 7) is 10.6. The van der Waals surface area contributed by atoms with E-state index in [0.717, 1.165) is 13.1 Å². The zero-order valence-electron chi connectivity index (χ0n) is 14.6. The molecule has 1 aliphatic heterocycles. The van der Waals surface area contributed by atoms with Crippen molar-refractivity contribution in [3.8, 4) is 0 Å². The second-order valence-corrected chi connectivity index (χ2v) is 6.98. The number of rotatable bonds is 3. The predicted octanol–water partition coefficient (Wildman–Crippen LogP) is 1.98. The van der Waals surface area contributed by atoms with Gasteiger partial charge in [-0.2, -0.15) is 0 Å². The summed E-state index contributed by atoms with van der Waals surface area (Å²) in [5.74, 6) is -0.0309. The maximum atomic E-state index is 12.5. The molecule has 1 saturated heterocycles. The van der Waals surface area contributed by atoms with Gasteiger partial charge in [-0.3, -0.25) is 9.59 Å². The molecule has 0 saturated carbocycles. The summed E-state index contributed by atoms with van der Waals surface area (Å²) in [7, 11) is 0. The third-order valence-corrected chi connectivity index (χ3v) is 4.24. The van der Waals surface area contributed by atoms with Gasteiger partial charge in [0.25, 0.3) is 0 Å². The highest BCUT2D eigenvalue weighted by Gasteiger charge is 2.29. The predicted molar refractivity (Wildman–Crippen MR) is 92.4 cm³/mol. The molecule has 23 heavy (non-hydrogen) atoms. The van der Waals surface area contributed by atoms with Crippen LogP contribution in [0.4, 0.5) is 5.69 Å². The van der Waals surface area contributed by atoms with Crippen LogP contribution in [-0.2, 0) is 9.59 Å². The Morgan fingerprint density at radius 1 is 1.04 bits per heavy atom. The maximum absolute atomic E-state index is 12.5. The maximum Gasteiger partial charge on any atom is 0.242 e. The molecule has 0 radical (unpaired) electrons. The minimum Gasteiger partial charge on any atom is -0.368 e. The molecule has 1 aliphatic rings. The van der Waals surface area contributed by atoms with E-state index in [1.165, 1.54) is 12.6 Å². The van der Waals surface area contributed by atoms with Gasteiger partial charge >= 0.3 is 0 Å². The number of piperazine rings is 1. The normalized spacial score (nSPS) is 15.5. The van der Waals surface area contributed by atoms with Gasteiger partial charge < -0.3 is 14.7 Å². The monoisotopic (exact) mass is 317 g/mol. The Hall–Kier alpha value is -2.04. The van der Waals surface area contributed by atoms with Gasteiger partial charge in [0.1, 0.15) is 6.54 Å². The van der Waals surface area contributed by atoms with Gasteiger partial charge in [-0.05, 0) is 32.9 Å². The fraction of sp³-hybridized carbons (Fsp3) is 0.556. The number of benzene rings is 1. The number of carbonyl (C=O) groups is 2. The fourth-order valence-electron chi connectivity index (χ4n) is 2.91. The summed E-state index contributed by atoms with van der Waals surface area (Å²) < 4.78 is 0. The van der Waals surface area contributed by atoms with Gasteiger partial charge in [0.2, 0.25) is 11.8 Å². The Morgan fingerprint density at radius 3 is 2.09 bits per heavy atom. The molecule has 0 aromatic heterocycles. The van der Waals surface area contributed by atoms with Crippen molar-refractivity contribution >= 4 is 17.5 Å². The quantitative estimate of drug-likeness (QED) is 0.856. The average Bonchev–Trinajstić information content (AvgIpc) is 2.52. The first kappa shape index (κ1) is 17.3. The molecule has 0 N–H and O–H groups in total. The van der Waals surface area contributed by atoms with E-state index in [2.05, 4.69) is 17.0 Å². The lowest BCUT2D eigenvalue weighted by atomic mass is 10.1. The van der Waals surface area contributed by atoms with Crippen molar-refractivity contribution in [2.24, 2.45) is 0 Å². The van der Waals surface area contributed by atoms with E-state index in [1.54, 1.807) is 4.90 Å². The summed E-state index contributed by atoms with van der Waals surface area (Å²) in [6.07, 6.45) is 0. The molecule has 0 atom stereocenters. The minimum absolute atomic E-state index is 0.0304. The molecule has 1 aromatic carbocycles. The second kappa shape index (κ2) is 7.02. The smallest absolute Gasteiger partial charge is 0.242 e. The van der Waals surface area contributed by atoms with Gasteiger partial charge in [-0.1, -0.05) is 18.2 Å². The first-order valence-corrected chi connectivity index (χ1v) is 8.15. The lowest BCUT2D eigenvalue weighted by Crippen LogP contribution is -2.54. The Kier molecular flexibility index (Phi) is 5.29. The molecular formula is C18H27N3O2. The van der Waals surface area contributed by atoms with Crippen molar-refractivity contribution in [2.45, 2.75) is 33.2 Å². The van der Waals surface area contributed by atoms with Crippen molar-refractivity contribution in [1.29, 1.82) is 0 Å². The molecule has 0 unspecified atom stereocenters. The van der Waals surface area contributed by atoms with Crippen LogP contribution in [0.2, 0.25) is 0 Å². The fourth-order valence-corrected chi connectivity index (χ4v) is 2.91. The van der Waals surface area contributed by atoms with E-state index in [-0.39, 0.29) is 23.9 Å². The van der Waals surface area contributed by atoms with Crippen LogP contribution >= 0.6 is 0 Å². The Morgan fingerprint density at radius 2 is 1.61 bits per heavy atom. The van der Waals surface area contributed by atoms with E-state index in [4.69, 9.17) is 0 Å². The summed E-state index contributed by atoms with van der Waals surface area (Å²) in [6, 6.07) is 10.2. The highest BCUT2D eigenvalue weighted by molar-refractivity contribution is 5.84. The van der Waals surface area contributed by atoms with Gasteiger partial charge in [0.15, 0.2) is 0 Å². The standard InChI is InChI=1S/C18H27N3O2/c1-15(22)21(18(2,3)4)14-17(23)20-12-10-19(11-13-20)16-8-6-5-7-9-16/h5-9H,10-14H2,1-4H3. The van der Waals surface area contributed by atoms with Gasteiger partial charge in [-0.25, -0.2) is 0 Å². The highest BCUT2D eigenvalue weighted by Crippen LogP contribution is 2.17. The molecule has 0 bridgehead atoms. The molecule has 0 spiro atoms. The van der Waals surface area contributed by atoms with Crippen molar-refractivity contribution < 1.29 is 9.59 Å². The van der Waals surface area contributed by atoms with Crippen molar-refractivity contribution in [2.75, 3.05) is 37.6 Å². The molecule has 0 aliphatic carbocycles. The summed E-state index contributed by atoms with van der Waals surface area (Å²) in [5.41, 5.74) is 0.854. The molecule has 126 valence electrons. The molecule has 2 amide bonds. The SMILES string of the molecule is CC(=O)N(CC(=O)N1CCN(c2ccccc2)CC1)C(C)(C)C. The summed E-state index contributed by atoms with van der Waals surface area (Å²) in [4.78, 5) is 30.1. The number of anilines is 1. The van der Waals surface area contributed by atoms with Gasteiger partial charge in [0.05, 0.1) is 0 Å². The van der Waals surface area contributed by atoms with E-state index in [0.29, 0.717) is 13.1 Å². The van der Waals surface area contributed by atoms with E-state index in [9.17, 15) is 9.59 Å².